The lowest BCUT2D eigenvalue weighted by Gasteiger charge is -2.07. The fourth-order valence-electron chi connectivity index (χ4n) is 1.38. The van der Waals surface area contributed by atoms with E-state index in [1.54, 1.807) is 6.20 Å². The molecular formula is C10H11N3O3S. The van der Waals surface area contributed by atoms with Crippen LogP contribution in [0.4, 0.5) is 0 Å². The first-order valence-electron chi connectivity index (χ1n) is 4.99. The number of aromatic nitrogens is 2. The monoisotopic (exact) mass is 253 g/mol. The van der Waals surface area contributed by atoms with E-state index in [4.69, 9.17) is 5.11 Å². The van der Waals surface area contributed by atoms with Crippen molar-refractivity contribution in [3.05, 3.63) is 23.5 Å². The lowest BCUT2D eigenvalue weighted by atomic mass is 10.3. The SMILES string of the molecule is CC(NC(=O)Cc1cn2ccsc2n1)C(=O)O. The quantitative estimate of drug-likeness (QED) is 0.832. The number of thiazole rings is 1. The van der Waals surface area contributed by atoms with E-state index >= 15 is 0 Å². The molecule has 0 radical (unpaired) electrons. The number of hydrogen-bond donors (Lipinski definition) is 2. The highest BCUT2D eigenvalue weighted by molar-refractivity contribution is 7.15. The van der Waals surface area contributed by atoms with Crippen molar-refractivity contribution in [3.63, 3.8) is 0 Å². The molecule has 0 spiro atoms. The van der Waals surface area contributed by atoms with Crippen LogP contribution in [0.3, 0.4) is 0 Å². The summed E-state index contributed by atoms with van der Waals surface area (Å²) in [6, 6.07) is -0.883. The van der Waals surface area contributed by atoms with Crippen molar-refractivity contribution in [1.29, 1.82) is 0 Å². The Hall–Kier alpha value is -1.89. The molecule has 2 aromatic rings. The predicted octanol–water partition coefficient (Wildman–Crippen LogP) is 0.528. The van der Waals surface area contributed by atoms with Crippen LogP contribution in [0.25, 0.3) is 4.96 Å². The van der Waals surface area contributed by atoms with E-state index in [0.29, 0.717) is 5.69 Å². The Balaban J connectivity index is 1.99. The van der Waals surface area contributed by atoms with Crippen LogP contribution in [-0.4, -0.2) is 32.4 Å². The Morgan fingerprint density at radius 3 is 3.06 bits per heavy atom. The van der Waals surface area contributed by atoms with Crippen molar-refractivity contribution >= 4 is 28.2 Å². The average Bonchev–Trinajstić information content (AvgIpc) is 2.76. The van der Waals surface area contributed by atoms with Gasteiger partial charge in [0.05, 0.1) is 12.1 Å². The summed E-state index contributed by atoms with van der Waals surface area (Å²) in [5, 5.41) is 12.9. The van der Waals surface area contributed by atoms with E-state index in [-0.39, 0.29) is 12.3 Å². The highest BCUT2D eigenvalue weighted by Gasteiger charge is 2.15. The second-order valence-electron chi connectivity index (χ2n) is 3.63. The molecule has 0 aliphatic carbocycles. The van der Waals surface area contributed by atoms with Gasteiger partial charge in [-0.1, -0.05) is 0 Å². The number of nitrogens with zero attached hydrogens (tertiary/aromatic N) is 2. The second-order valence-corrected chi connectivity index (χ2v) is 4.50. The van der Waals surface area contributed by atoms with Crippen LogP contribution in [0.2, 0.25) is 0 Å². The Bertz CT molecular complexity index is 531. The lowest BCUT2D eigenvalue weighted by Crippen LogP contribution is -2.39. The number of carbonyl (C=O) groups excluding carboxylic acids is 1. The summed E-state index contributed by atoms with van der Waals surface area (Å²) < 4.78 is 1.83. The molecule has 2 heterocycles. The van der Waals surface area contributed by atoms with Crippen molar-refractivity contribution < 1.29 is 14.7 Å². The third kappa shape index (κ3) is 2.62. The molecular weight excluding hydrogens is 242 g/mol. The van der Waals surface area contributed by atoms with Crippen LogP contribution in [0.15, 0.2) is 17.8 Å². The first-order chi connectivity index (χ1) is 8.06. The summed E-state index contributed by atoms with van der Waals surface area (Å²) in [5.41, 5.74) is 0.631. The first kappa shape index (κ1) is 11.6. The number of rotatable bonds is 4. The summed E-state index contributed by atoms with van der Waals surface area (Å²) in [4.78, 5) is 27.1. The number of fused-ring (bicyclic) bond motifs is 1. The normalized spacial score (nSPS) is 12.5. The van der Waals surface area contributed by atoms with Crippen molar-refractivity contribution in [2.24, 2.45) is 0 Å². The Kier molecular flexibility index (Phi) is 3.10. The van der Waals surface area contributed by atoms with Gasteiger partial charge < -0.3 is 10.4 Å². The van der Waals surface area contributed by atoms with Crippen molar-refractivity contribution in [2.75, 3.05) is 0 Å². The summed E-state index contributed by atoms with van der Waals surface area (Å²) >= 11 is 1.48. The largest absolute Gasteiger partial charge is 0.480 e. The highest BCUT2D eigenvalue weighted by Crippen LogP contribution is 2.11. The smallest absolute Gasteiger partial charge is 0.325 e. The zero-order valence-corrected chi connectivity index (χ0v) is 9.90. The van der Waals surface area contributed by atoms with Gasteiger partial charge in [-0.2, -0.15) is 0 Å². The van der Waals surface area contributed by atoms with Crippen LogP contribution in [0.1, 0.15) is 12.6 Å². The van der Waals surface area contributed by atoms with Crippen molar-refractivity contribution in [3.8, 4) is 0 Å². The van der Waals surface area contributed by atoms with Gasteiger partial charge in [-0.25, -0.2) is 4.98 Å². The molecule has 1 unspecified atom stereocenters. The molecule has 0 fully saturated rings. The van der Waals surface area contributed by atoms with Crippen LogP contribution < -0.4 is 5.32 Å². The first-order valence-corrected chi connectivity index (χ1v) is 5.87. The molecule has 2 rings (SSSR count). The van der Waals surface area contributed by atoms with E-state index in [1.165, 1.54) is 18.3 Å². The number of imidazole rings is 1. The number of nitrogens with one attached hydrogen (secondary N) is 1. The van der Waals surface area contributed by atoms with E-state index in [0.717, 1.165) is 4.96 Å². The number of aliphatic carboxylic acids is 1. The lowest BCUT2D eigenvalue weighted by molar-refractivity contribution is -0.141. The Labute approximate surface area is 101 Å². The number of hydrogen-bond acceptors (Lipinski definition) is 4. The number of carboxylic acids is 1. The molecule has 17 heavy (non-hydrogen) atoms. The molecule has 90 valence electrons. The summed E-state index contributed by atoms with van der Waals surface area (Å²) in [5.74, 6) is -1.39. The minimum absolute atomic E-state index is 0.0893. The maximum absolute atomic E-state index is 11.5. The Morgan fingerprint density at radius 2 is 2.41 bits per heavy atom. The highest BCUT2D eigenvalue weighted by atomic mass is 32.1. The number of carboxylic acid groups (broad SMARTS) is 1. The molecule has 2 aromatic heterocycles. The van der Waals surface area contributed by atoms with Gasteiger partial charge in [0.15, 0.2) is 4.96 Å². The van der Waals surface area contributed by atoms with E-state index in [1.807, 2.05) is 16.0 Å². The van der Waals surface area contributed by atoms with Gasteiger partial charge in [0.2, 0.25) is 5.91 Å². The van der Waals surface area contributed by atoms with Gasteiger partial charge in [0, 0.05) is 17.8 Å². The van der Waals surface area contributed by atoms with Gasteiger partial charge in [-0.3, -0.25) is 14.0 Å². The molecule has 0 saturated heterocycles. The minimum Gasteiger partial charge on any atom is -0.480 e. The molecule has 2 N–H and O–H groups in total. The van der Waals surface area contributed by atoms with Gasteiger partial charge in [-0.05, 0) is 6.92 Å². The molecule has 6 nitrogen and oxygen atoms in total. The second kappa shape index (κ2) is 4.54. The maximum atomic E-state index is 11.5. The van der Waals surface area contributed by atoms with Gasteiger partial charge in [0.25, 0.3) is 0 Å². The van der Waals surface area contributed by atoms with E-state index in [2.05, 4.69) is 10.3 Å². The molecule has 0 bridgehead atoms. The predicted molar refractivity (Wildman–Crippen MR) is 62.0 cm³/mol. The van der Waals surface area contributed by atoms with Crippen LogP contribution >= 0.6 is 11.3 Å². The topological polar surface area (TPSA) is 83.7 Å². The molecule has 1 atom stereocenters. The third-order valence-electron chi connectivity index (χ3n) is 2.23. The third-order valence-corrected chi connectivity index (χ3v) is 3.00. The zero-order chi connectivity index (χ0) is 12.4. The molecule has 0 saturated carbocycles. The van der Waals surface area contributed by atoms with Crippen molar-refractivity contribution in [1.82, 2.24) is 14.7 Å². The standard InChI is InChI=1S/C10H11N3O3S/c1-6(9(15)16)11-8(14)4-7-5-13-2-3-17-10(13)12-7/h2-3,5-6H,4H2,1H3,(H,11,14)(H,15,16). The van der Waals surface area contributed by atoms with Crippen LogP contribution in [0.5, 0.6) is 0 Å². The van der Waals surface area contributed by atoms with E-state index < -0.39 is 12.0 Å². The number of carbonyl (C=O) groups is 2. The van der Waals surface area contributed by atoms with E-state index in [9.17, 15) is 9.59 Å². The molecule has 1 amide bonds. The van der Waals surface area contributed by atoms with Gasteiger partial charge >= 0.3 is 5.97 Å². The fourth-order valence-corrected chi connectivity index (χ4v) is 2.10. The fraction of sp³-hybridized carbons (Fsp3) is 0.300. The summed E-state index contributed by atoms with van der Waals surface area (Å²) in [6.45, 7) is 1.42. The van der Waals surface area contributed by atoms with Gasteiger partial charge in [-0.15, -0.1) is 11.3 Å². The van der Waals surface area contributed by atoms with Crippen LogP contribution in [0, 0.1) is 0 Å². The zero-order valence-electron chi connectivity index (χ0n) is 9.08. The summed E-state index contributed by atoms with van der Waals surface area (Å²) in [6.07, 6.45) is 3.71. The Morgan fingerprint density at radius 1 is 1.65 bits per heavy atom. The van der Waals surface area contributed by atoms with Crippen LogP contribution in [-0.2, 0) is 16.0 Å². The molecule has 7 heteroatoms. The van der Waals surface area contributed by atoms with Crippen molar-refractivity contribution in [2.45, 2.75) is 19.4 Å². The summed E-state index contributed by atoms with van der Waals surface area (Å²) in [7, 11) is 0. The van der Waals surface area contributed by atoms with Gasteiger partial charge in [0.1, 0.15) is 6.04 Å². The molecule has 0 aliphatic rings. The number of amides is 1. The molecule has 0 aliphatic heterocycles. The maximum Gasteiger partial charge on any atom is 0.325 e. The molecule has 0 aromatic carbocycles. The minimum atomic E-state index is -1.05. The average molecular weight is 253 g/mol.